The lowest BCUT2D eigenvalue weighted by Crippen LogP contribution is -2.46. The zero-order valence-corrected chi connectivity index (χ0v) is 41.6. The fourth-order valence-electron chi connectivity index (χ4n) is 7.34. The molecule has 0 saturated heterocycles. The van der Waals surface area contributed by atoms with Gasteiger partial charge in [-0.1, -0.05) is 227 Å². The van der Waals surface area contributed by atoms with E-state index in [0.717, 1.165) is 70.6 Å². The summed E-state index contributed by atoms with van der Waals surface area (Å²) in [6.45, 7) is 6.38. The molecular weight excluding hydrogens is 791 g/mol. The van der Waals surface area contributed by atoms with Crippen molar-refractivity contribution in [3.8, 4) is 0 Å². The Labute approximate surface area is 395 Å². The zero-order chi connectivity index (χ0) is 46.7. The van der Waals surface area contributed by atoms with E-state index in [0.29, 0.717) is 19.3 Å². The topological polar surface area (TPSA) is 95.9 Å². The van der Waals surface area contributed by atoms with E-state index in [4.69, 9.17) is 4.74 Å². The number of carbonyl (C=O) groups is 2. The Morgan fingerprint density at radius 1 is 0.469 bits per heavy atom. The molecule has 0 fully saturated rings. The fourth-order valence-corrected chi connectivity index (χ4v) is 7.34. The average molecular weight is 890 g/mol. The van der Waals surface area contributed by atoms with E-state index in [-0.39, 0.29) is 31.3 Å². The summed E-state index contributed by atoms with van der Waals surface area (Å²) in [7, 11) is 0. The molecule has 3 N–H and O–H groups in total. The molecule has 6 nitrogen and oxygen atoms in total. The maximum atomic E-state index is 13.2. The Kier molecular flexibility index (Phi) is 48.2. The lowest BCUT2D eigenvalue weighted by Gasteiger charge is -2.24. The summed E-state index contributed by atoms with van der Waals surface area (Å²) in [5.74, 6) is -0.649. The highest BCUT2D eigenvalue weighted by Crippen LogP contribution is 2.15. The van der Waals surface area contributed by atoms with Crippen molar-refractivity contribution in [2.45, 2.75) is 251 Å². The van der Waals surface area contributed by atoms with Crippen LogP contribution in [0.25, 0.3) is 0 Å². The molecule has 6 heteroatoms. The van der Waals surface area contributed by atoms with Gasteiger partial charge < -0.3 is 20.3 Å². The van der Waals surface area contributed by atoms with Crippen molar-refractivity contribution in [3.63, 3.8) is 0 Å². The molecule has 0 aromatic carbocycles. The van der Waals surface area contributed by atoms with Crippen LogP contribution in [0, 0.1) is 0 Å². The monoisotopic (exact) mass is 890 g/mol. The van der Waals surface area contributed by atoms with E-state index in [9.17, 15) is 19.8 Å². The van der Waals surface area contributed by atoms with Gasteiger partial charge in [-0.25, -0.2) is 0 Å². The van der Waals surface area contributed by atoms with Gasteiger partial charge in [-0.15, -0.1) is 0 Å². The van der Waals surface area contributed by atoms with Crippen LogP contribution in [0.15, 0.2) is 97.2 Å². The van der Waals surface area contributed by atoms with Gasteiger partial charge in [0.2, 0.25) is 5.91 Å². The fraction of sp³-hybridized carbons (Fsp3) is 0.690. The smallest absolute Gasteiger partial charge is 0.306 e. The van der Waals surface area contributed by atoms with Gasteiger partial charge in [0.25, 0.3) is 0 Å². The lowest BCUT2D eigenvalue weighted by molar-refractivity contribution is -0.150. The average Bonchev–Trinajstić information content (AvgIpc) is 3.29. The van der Waals surface area contributed by atoms with Crippen LogP contribution in [0.3, 0.4) is 0 Å². The van der Waals surface area contributed by atoms with Gasteiger partial charge in [0.1, 0.15) is 6.10 Å². The van der Waals surface area contributed by atoms with Crippen molar-refractivity contribution in [2.75, 3.05) is 6.61 Å². The number of ether oxygens (including phenoxy) is 1. The lowest BCUT2D eigenvalue weighted by atomic mass is 10.0. The van der Waals surface area contributed by atoms with Gasteiger partial charge in [-0.05, 0) is 83.5 Å². The molecule has 0 aromatic heterocycles. The van der Waals surface area contributed by atoms with Crippen molar-refractivity contribution in [1.29, 1.82) is 0 Å². The molecule has 0 bridgehead atoms. The third-order valence-corrected chi connectivity index (χ3v) is 11.4. The normalized spacial score (nSPS) is 14.0. The standard InChI is InChI=1S/C58H99NO5/c1-4-7-10-13-16-19-22-25-27-28-30-33-36-39-42-45-48-51-58(63)64-54(49-46-43-40-37-34-32-29-26-23-20-17-14-11-8-5-2)52-57(62)59-55(53-60)56(61)50-47-44-41-38-35-31-24-21-18-15-12-9-6-3/h16-17,19-20,25-27,29-30,33-34,37,39,42-43,46,54-56,60-61H,4-15,18,21-24,28,31-32,35-36,38,40-41,44-45,47-53H2,1-3H3,(H,59,62)/b19-16-,20-17-,27-25-,29-26-,33-30-,37-34-,42-39-,46-43-. The summed E-state index contributed by atoms with van der Waals surface area (Å²) in [5, 5.41) is 23.7. The first-order valence-corrected chi connectivity index (χ1v) is 26.5. The molecule has 64 heavy (non-hydrogen) atoms. The first-order chi connectivity index (χ1) is 31.5. The number of amides is 1. The number of rotatable bonds is 46. The van der Waals surface area contributed by atoms with Crippen LogP contribution in [0.5, 0.6) is 0 Å². The summed E-state index contributed by atoms with van der Waals surface area (Å²) in [6.07, 6.45) is 67.7. The SMILES string of the molecule is CCCCC/C=C\C/C=C\C/C=C\C/C=C\CCCC(=O)OC(C/C=C\C/C=C\C/C=C\C/C=C\CCCCC)CC(=O)NC(CO)C(O)CCCCCCCCCCCCCCC. The molecule has 0 aliphatic rings. The predicted molar refractivity (Wildman–Crippen MR) is 277 cm³/mol. The quantitative estimate of drug-likeness (QED) is 0.0321. The molecule has 0 aliphatic heterocycles. The molecule has 3 unspecified atom stereocenters. The maximum Gasteiger partial charge on any atom is 0.306 e. The third kappa shape index (κ3) is 45.4. The largest absolute Gasteiger partial charge is 0.461 e. The number of carbonyl (C=O) groups excluding carboxylic acids is 2. The van der Waals surface area contributed by atoms with Crippen LogP contribution < -0.4 is 5.32 Å². The van der Waals surface area contributed by atoms with E-state index in [1.54, 1.807) is 0 Å². The van der Waals surface area contributed by atoms with E-state index >= 15 is 0 Å². The van der Waals surface area contributed by atoms with Gasteiger partial charge in [-0.3, -0.25) is 9.59 Å². The Balaban J connectivity index is 4.81. The predicted octanol–water partition coefficient (Wildman–Crippen LogP) is 16.1. The number of hydrogen-bond donors (Lipinski definition) is 3. The zero-order valence-electron chi connectivity index (χ0n) is 41.6. The van der Waals surface area contributed by atoms with Crippen LogP contribution in [0.4, 0.5) is 0 Å². The molecule has 0 aromatic rings. The highest BCUT2D eigenvalue weighted by Gasteiger charge is 2.23. The first-order valence-electron chi connectivity index (χ1n) is 26.5. The second kappa shape index (κ2) is 50.8. The molecule has 366 valence electrons. The molecule has 1 amide bonds. The molecule has 0 heterocycles. The Morgan fingerprint density at radius 2 is 0.828 bits per heavy atom. The number of aliphatic hydroxyl groups excluding tert-OH is 2. The van der Waals surface area contributed by atoms with Crippen molar-refractivity contribution in [1.82, 2.24) is 5.32 Å². The summed E-state index contributed by atoms with van der Waals surface area (Å²) >= 11 is 0. The molecule has 0 aliphatic carbocycles. The summed E-state index contributed by atoms with van der Waals surface area (Å²) in [4.78, 5) is 26.1. The number of nitrogens with one attached hydrogen (secondary N) is 1. The second-order valence-corrected chi connectivity index (χ2v) is 17.6. The summed E-state index contributed by atoms with van der Waals surface area (Å²) in [6, 6.07) is -0.747. The van der Waals surface area contributed by atoms with Crippen LogP contribution in [0.1, 0.15) is 233 Å². The highest BCUT2D eigenvalue weighted by atomic mass is 16.5. The Morgan fingerprint density at radius 3 is 1.25 bits per heavy atom. The van der Waals surface area contributed by atoms with Gasteiger partial charge in [0.05, 0.1) is 25.2 Å². The van der Waals surface area contributed by atoms with Crippen LogP contribution >= 0.6 is 0 Å². The minimum atomic E-state index is -0.825. The van der Waals surface area contributed by atoms with E-state index in [1.807, 2.05) is 12.2 Å². The first kappa shape index (κ1) is 60.8. The molecule has 0 radical (unpaired) electrons. The number of aliphatic hydroxyl groups is 2. The number of allylic oxidation sites excluding steroid dienone is 15. The molecule has 0 rings (SSSR count). The maximum absolute atomic E-state index is 13.2. The van der Waals surface area contributed by atoms with Gasteiger partial charge >= 0.3 is 5.97 Å². The molecular formula is C58H99NO5. The molecule has 3 atom stereocenters. The molecule has 0 spiro atoms. The summed E-state index contributed by atoms with van der Waals surface area (Å²) in [5.41, 5.74) is 0. The van der Waals surface area contributed by atoms with E-state index in [2.05, 4.69) is 111 Å². The van der Waals surface area contributed by atoms with Crippen LogP contribution in [-0.4, -0.2) is 46.9 Å². The number of hydrogen-bond acceptors (Lipinski definition) is 5. The van der Waals surface area contributed by atoms with Crippen molar-refractivity contribution >= 4 is 11.9 Å². The van der Waals surface area contributed by atoms with Gasteiger partial charge in [-0.2, -0.15) is 0 Å². The number of esters is 1. The minimum Gasteiger partial charge on any atom is -0.461 e. The summed E-state index contributed by atoms with van der Waals surface area (Å²) < 4.78 is 5.84. The van der Waals surface area contributed by atoms with Crippen LogP contribution in [0.2, 0.25) is 0 Å². The van der Waals surface area contributed by atoms with E-state index in [1.165, 1.54) is 109 Å². The highest BCUT2D eigenvalue weighted by molar-refractivity contribution is 5.77. The van der Waals surface area contributed by atoms with Crippen molar-refractivity contribution in [2.24, 2.45) is 0 Å². The number of unbranched alkanes of at least 4 members (excludes halogenated alkanes) is 19. The van der Waals surface area contributed by atoms with Crippen molar-refractivity contribution in [3.05, 3.63) is 97.2 Å². The Hall–Kier alpha value is -3.22. The van der Waals surface area contributed by atoms with Gasteiger partial charge in [0, 0.05) is 12.8 Å². The second-order valence-electron chi connectivity index (χ2n) is 17.6. The molecule has 0 saturated carbocycles. The third-order valence-electron chi connectivity index (χ3n) is 11.4. The van der Waals surface area contributed by atoms with E-state index < -0.39 is 18.2 Å². The van der Waals surface area contributed by atoms with Crippen LogP contribution in [-0.2, 0) is 14.3 Å². The van der Waals surface area contributed by atoms with Gasteiger partial charge in [0.15, 0.2) is 0 Å². The van der Waals surface area contributed by atoms with Crippen molar-refractivity contribution < 1.29 is 24.5 Å². The Bertz CT molecular complexity index is 1270. The minimum absolute atomic E-state index is 0.0249.